The van der Waals surface area contributed by atoms with Crippen LogP contribution in [0.25, 0.3) is 0 Å². The van der Waals surface area contributed by atoms with E-state index in [9.17, 15) is 9.90 Å². The Labute approximate surface area is 113 Å². The quantitative estimate of drug-likeness (QED) is 0.789. The van der Waals surface area contributed by atoms with E-state index in [1.54, 1.807) is 0 Å². The summed E-state index contributed by atoms with van der Waals surface area (Å²) in [4.78, 5) is 18.6. The van der Waals surface area contributed by atoms with E-state index in [1.807, 2.05) is 6.92 Å². The van der Waals surface area contributed by atoms with Gasteiger partial charge in [0, 0.05) is 6.54 Å². The summed E-state index contributed by atoms with van der Waals surface area (Å²) < 4.78 is 0. The molecule has 0 radical (unpaired) electrons. The summed E-state index contributed by atoms with van der Waals surface area (Å²) in [6.07, 6.45) is 2.97. The van der Waals surface area contributed by atoms with Crippen LogP contribution < -0.4 is 0 Å². The van der Waals surface area contributed by atoms with Gasteiger partial charge in [-0.3, -0.25) is 4.90 Å². The lowest BCUT2D eigenvalue weighted by Gasteiger charge is -2.20. The van der Waals surface area contributed by atoms with Gasteiger partial charge in [-0.25, -0.2) is 9.78 Å². The van der Waals surface area contributed by atoms with Gasteiger partial charge < -0.3 is 5.11 Å². The summed E-state index contributed by atoms with van der Waals surface area (Å²) >= 11 is 1.53. The second-order valence-corrected chi connectivity index (χ2v) is 5.48. The van der Waals surface area contributed by atoms with Gasteiger partial charge in [0.15, 0.2) is 5.69 Å². The summed E-state index contributed by atoms with van der Waals surface area (Å²) in [6, 6.07) is 0. The number of hydrogen-bond acceptors (Lipinski definition) is 4. The maximum Gasteiger partial charge on any atom is 0.355 e. The summed E-state index contributed by atoms with van der Waals surface area (Å²) in [5.74, 6) is -0.908. The minimum absolute atomic E-state index is 0.244. The number of carboxylic acid groups (broad SMARTS) is 1. The fourth-order valence-corrected chi connectivity index (χ4v) is 2.97. The summed E-state index contributed by atoms with van der Waals surface area (Å²) in [6.45, 7) is 9.01. The first-order valence-corrected chi connectivity index (χ1v) is 7.38. The Kier molecular flexibility index (Phi) is 6.29. The molecule has 0 amide bonds. The van der Waals surface area contributed by atoms with E-state index in [0.29, 0.717) is 6.54 Å². The Hall–Kier alpha value is -0.940. The van der Waals surface area contributed by atoms with Crippen molar-refractivity contribution in [2.45, 2.75) is 46.6 Å². The fourth-order valence-electron chi connectivity index (χ4n) is 1.93. The molecule has 0 bridgehead atoms. The lowest BCUT2D eigenvalue weighted by atomic mass is 10.3. The van der Waals surface area contributed by atoms with Crippen molar-refractivity contribution < 1.29 is 9.90 Å². The minimum atomic E-state index is -0.908. The van der Waals surface area contributed by atoms with Crippen molar-refractivity contribution in [2.75, 3.05) is 13.1 Å². The number of aromatic nitrogens is 1. The molecule has 0 aliphatic rings. The highest BCUT2D eigenvalue weighted by Gasteiger charge is 2.18. The highest BCUT2D eigenvalue weighted by atomic mass is 32.1. The number of nitrogens with zero attached hydrogens (tertiary/aromatic N) is 2. The van der Waals surface area contributed by atoms with Gasteiger partial charge in [-0.1, -0.05) is 20.8 Å². The highest BCUT2D eigenvalue weighted by molar-refractivity contribution is 7.11. The Morgan fingerprint density at radius 3 is 2.33 bits per heavy atom. The average molecular weight is 270 g/mol. The van der Waals surface area contributed by atoms with Crippen LogP contribution in [0.15, 0.2) is 0 Å². The van der Waals surface area contributed by atoms with E-state index in [1.165, 1.54) is 11.3 Å². The molecule has 0 aliphatic heterocycles. The van der Waals surface area contributed by atoms with Crippen LogP contribution in [0.3, 0.4) is 0 Å². The molecule has 0 unspecified atom stereocenters. The molecule has 1 aromatic rings. The number of carbonyl (C=O) groups is 1. The molecule has 0 atom stereocenters. The van der Waals surface area contributed by atoms with Crippen LogP contribution in [0, 0.1) is 0 Å². The zero-order valence-electron chi connectivity index (χ0n) is 11.4. The molecule has 0 saturated heterocycles. The maximum atomic E-state index is 11.2. The molecular weight excluding hydrogens is 248 g/mol. The third-order valence-corrected chi connectivity index (χ3v) is 3.88. The number of hydrogen-bond donors (Lipinski definition) is 1. The topological polar surface area (TPSA) is 53.4 Å². The number of carboxylic acids is 1. The monoisotopic (exact) mass is 270 g/mol. The average Bonchev–Trinajstić information content (AvgIpc) is 2.73. The smallest absolute Gasteiger partial charge is 0.355 e. The van der Waals surface area contributed by atoms with E-state index in [4.69, 9.17) is 0 Å². The third-order valence-electron chi connectivity index (χ3n) is 2.69. The standard InChI is InChI=1S/C13H22N2O2S/c1-4-7-15(8-5-2)9-10-12(13(16)17)14-11(6-3)18-10/h4-9H2,1-3H3,(H,16,17). The van der Waals surface area contributed by atoms with Crippen LogP contribution in [0.2, 0.25) is 0 Å². The van der Waals surface area contributed by atoms with Crippen molar-refractivity contribution >= 4 is 17.3 Å². The molecule has 0 aliphatic carbocycles. The molecule has 0 spiro atoms. The van der Waals surface area contributed by atoms with Crippen LogP contribution in [0.1, 0.15) is 54.0 Å². The van der Waals surface area contributed by atoms with E-state index in [-0.39, 0.29) is 5.69 Å². The van der Waals surface area contributed by atoms with Crippen LogP contribution in [-0.4, -0.2) is 34.0 Å². The lowest BCUT2D eigenvalue weighted by molar-refractivity contribution is 0.0688. The van der Waals surface area contributed by atoms with Gasteiger partial charge in [0.25, 0.3) is 0 Å². The van der Waals surface area contributed by atoms with Gasteiger partial charge >= 0.3 is 5.97 Å². The van der Waals surface area contributed by atoms with Gasteiger partial charge in [-0.2, -0.15) is 0 Å². The maximum absolute atomic E-state index is 11.2. The van der Waals surface area contributed by atoms with E-state index >= 15 is 0 Å². The van der Waals surface area contributed by atoms with Gasteiger partial charge in [-0.15, -0.1) is 11.3 Å². The normalized spacial score (nSPS) is 11.1. The first kappa shape index (κ1) is 15.1. The SMILES string of the molecule is CCCN(CCC)Cc1sc(CC)nc1C(=O)O. The Bertz CT molecular complexity index is 384. The zero-order chi connectivity index (χ0) is 13.5. The predicted molar refractivity (Wildman–Crippen MR) is 74.3 cm³/mol. The van der Waals surface area contributed by atoms with Crippen molar-refractivity contribution in [3.8, 4) is 0 Å². The summed E-state index contributed by atoms with van der Waals surface area (Å²) in [5.41, 5.74) is 0.244. The van der Waals surface area contributed by atoms with Crippen LogP contribution in [0.4, 0.5) is 0 Å². The van der Waals surface area contributed by atoms with Crippen molar-refractivity contribution in [1.82, 2.24) is 9.88 Å². The van der Waals surface area contributed by atoms with Crippen molar-refractivity contribution in [1.29, 1.82) is 0 Å². The Morgan fingerprint density at radius 2 is 1.89 bits per heavy atom. The van der Waals surface area contributed by atoms with Crippen molar-refractivity contribution in [2.24, 2.45) is 0 Å². The van der Waals surface area contributed by atoms with Gasteiger partial charge in [0.1, 0.15) is 0 Å². The van der Waals surface area contributed by atoms with E-state index < -0.39 is 5.97 Å². The van der Waals surface area contributed by atoms with Crippen LogP contribution in [0.5, 0.6) is 0 Å². The first-order chi connectivity index (χ1) is 8.62. The summed E-state index contributed by atoms with van der Waals surface area (Å²) in [7, 11) is 0. The third kappa shape index (κ3) is 4.07. The van der Waals surface area contributed by atoms with E-state index in [2.05, 4.69) is 23.7 Å². The first-order valence-electron chi connectivity index (χ1n) is 6.56. The minimum Gasteiger partial charge on any atom is -0.476 e. The second kappa shape index (κ2) is 7.48. The summed E-state index contributed by atoms with van der Waals surface area (Å²) in [5, 5.41) is 10.1. The molecule has 0 aromatic carbocycles. The van der Waals surface area contributed by atoms with Crippen LogP contribution in [-0.2, 0) is 13.0 Å². The molecule has 0 fully saturated rings. The number of aryl methyl sites for hydroxylation is 1. The molecule has 1 heterocycles. The molecule has 0 saturated carbocycles. The molecule has 1 aromatic heterocycles. The molecule has 4 nitrogen and oxygen atoms in total. The van der Waals surface area contributed by atoms with Crippen molar-refractivity contribution in [3.63, 3.8) is 0 Å². The largest absolute Gasteiger partial charge is 0.476 e. The second-order valence-electron chi connectivity index (χ2n) is 4.31. The van der Waals surface area contributed by atoms with Crippen molar-refractivity contribution in [3.05, 3.63) is 15.6 Å². The van der Waals surface area contributed by atoms with Crippen LogP contribution >= 0.6 is 11.3 Å². The number of aromatic carboxylic acids is 1. The van der Waals surface area contributed by atoms with E-state index in [0.717, 1.165) is 42.2 Å². The molecule has 1 N–H and O–H groups in total. The molecule has 18 heavy (non-hydrogen) atoms. The number of thiazole rings is 1. The highest BCUT2D eigenvalue weighted by Crippen LogP contribution is 2.21. The molecular formula is C13H22N2O2S. The molecule has 102 valence electrons. The number of rotatable bonds is 8. The van der Waals surface area contributed by atoms with Gasteiger partial charge in [-0.05, 0) is 32.4 Å². The Balaban J connectivity index is 2.85. The molecule has 5 heteroatoms. The fraction of sp³-hybridized carbons (Fsp3) is 0.692. The lowest BCUT2D eigenvalue weighted by Crippen LogP contribution is -2.25. The predicted octanol–water partition coefficient (Wildman–Crippen LogP) is 3.03. The van der Waals surface area contributed by atoms with Gasteiger partial charge in [0.2, 0.25) is 0 Å². The molecule has 1 rings (SSSR count). The van der Waals surface area contributed by atoms with Gasteiger partial charge in [0.05, 0.1) is 9.88 Å². The Morgan fingerprint density at radius 1 is 1.28 bits per heavy atom. The zero-order valence-corrected chi connectivity index (χ0v) is 12.2.